The summed E-state index contributed by atoms with van der Waals surface area (Å²) in [7, 11) is -3.72. The zero-order chi connectivity index (χ0) is 16.2. The lowest BCUT2D eigenvalue weighted by atomic mass is 10.2. The summed E-state index contributed by atoms with van der Waals surface area (Å²) in [6.07, 6.45) is 2.13. The van der Waals surface area contributed by atoms with Gasteiger partial charge >= 0.3 is 0 Å². The first-order chi connectivity index (χ1) is 11.0. The van der Waals surface area contributed by atoms with E-state index in [1.165, 1.54) is 21.0 Å². The third kappa shape index (κ3) is 1.98. The van der Waals surface area contributed by atoms with Gasteiger partial charge in [-0.2, -0.15) is 5.10 Å². The molecule has 0 fully saturated rings. The molecule has 0 amide bonds. The normalized spacial score (nSPS) is 14.4. The second-order valence-corrected chi connectivity index (χ2v) is 7.35. The zero-order valence-corrected chi connectivity index (χ0v) is 13.2. The number of sulfonamides is 1. The predicted molar refractivity (Wildman–Crippen MR) is 85.2 cm³/mol. The Kier molecular flexibility index (Phi) is 2.86. The van der Waals surface area contributed by atoms with Crippen LogP contribution in [0.4, 0.5) is 5.69 Å². The molecule has 0 bridgehead atoms. The van der Waals surface area contributed by atoms with E-state index in [1.54, 1.807) is 13.0 Å². The van der Waals surface area contributed by atoms with Crippen LogP contribution in [-0.4, -0.2) is 29.6 Å². The highest BCUT2D eigenvalue weighted by molar-refractivity contribution is 7.92. The summed E-state index contributed by atoms with van der Waals surface area (Å²) < 4.78 is 28.8. The number of nitrogens with zero attached hydrogens (tertiary/aromatic N) is 3. The van der Waals surface area contributed by atoms with Crippen molar-refractivity contribution >= 4 is 21.2 Å². The average molecular weight is 330 g/mol. The number of rotatable bonds is 2. The van der Waals surface area contributed by atoms with Crippen molar-refractivity contribution in [1.82, 2.24) is 14.6 Å². The molecule has 0 atom stereocenters. The topological polar surface area (TPSA) is 87.5 Å². The Labute approximate surface area is 132 Å². The van der Waals surface area contributed by atoms with Crippen molar-refractivity contribution in [2.45, 2.75) is 18.2 Å². The molecule has 1 N–H and O–H groups in total. The molecular formula is C15H14N4O3S. The number of para-hydroxylation sites is 1. The van der Waals surface area contributed by atoms with Crippen molar-refractivity contribution in [2.24, 2.45) is 0 Å². The van der Waals surface area contributed by atoms with Crippen molar-refractivity contribution in [3.63, 3.8) is 0 Å². The minimum absolute atomic E-state index is 0.0933. The van der Waals surface area contributed by atoms with E-state index in [9.17, 15) is 13.2 Å². The van der Waals surface area contributed by atoms with Crippen LogP contribution < -0.4 is 9.86 Å². The van der Waals surface area contributed by atoms with Gasteiger partial charge in [-0.3, -0.25) is 13.5 Å². The number of anilines is 1. The fourth-order valence-corrected chi connectivity index (χ4v) is 4.47. The molecule has 1 aliphatic rings. The number of fused-ring (bicyclic) bond motifs is 2. The van der Waals surface area contributed by atoms with Gasteiger partial charge < -0.3 is 0 Å². The number of hydrogen-bond donors (Lipinski definition) is 1. The van der Waals surface area contributed by atoms with E-state index < -0.39 is 15.6 Å². The number of nitrogens with one attached hydrogen (secondary N) is 1. The molecule has 4 rings (SSSR count). The molecule has 0 saturated carbocycles. The van der Waals surface area contributed by atoms with Crippen molar-refractivity contribution in [3.8, 4) is 0 Å². The van der Waals surface area contributed by atoms with Crippen molar-refractivity contribution in [2.75, 3.05) is 10.8 Å². The smallest absolute Gasteiger partial charge is 0.288 e. The summed E-state index contributed by atoms with van der Waals surface area (Å²) in [6, 6.07) is 8.84. The third-order valence-corrected chi connectivity index (χ3v) is 5.91. The van der Waals surface area contributed by atoms with Gasteiger partial charge in [0.15, 0.2) is 0 Å². The lowest BCUT2D eigenvalue weighted by Gasteiger charge is -2.18. The molecule has 0 spiro atoms. The van der Waals surface area contributed by atoms with Crippen LogP contribution in [0, 0.1) is 6.92 Å². The molecule has 118 valence electrons. The monoisotopic (exact) mass is 330 g/mol. The van der Waals surface area contributed by atoms with E-state index in [1.807, 2.05) is 18.2 Å². The van der Waals surface area contributed by atoms with E-state index >= 15 is 0 Å². The second-order valence-electron chi connectivity index (χ2n) is 5.49. The second kappa shape index (κ2) is 4.69. The van der Waals surface area contributed by atoms with Gasteiger partial charge in [0, 0.05) is 12.7 Å². The first-order valence-corrected chi connectivity index (χ1v) is 8.60. The van der Waals surface area contributed by atoms with E-state index in [4.69, 9.17) is 0 Å². The number of aryl methyl sites for hydroxylation is 1. The van der Waals surface area contributed by atoms with Crippen LogP contribution in [0.2, 0.25) is 0 Å². The molecule has 7 nitrogen and oxygen atoms in total. The van der Waals surface area contributed by atoms with Gasteiger partial charge in [-0.25, -0.2) is 13.5 Å². The average Bonchev–Trinajstić information content (AvgIpc) is 3.16. The molecule has 0 saturated heterocycles. The number of benzene rings is 1. The van der Waals surface area contributed by atoms with E-state index in [2.05, 4.69) is 10.2 Å². The Morgan fingerprint density at radius 2 is 2.04 bits per heavy atom. The largest absolute Gasteiger partial charge is 0.298 e. The van der Waals surface area contributed by atoms with E-state index in [0.717, 1.165) is 5.56 Å². The third-order valence-electron chi connectivity index (χ3n) is 4.13. The first kappa shape index (κ1) is 14.0. The molecule has 0 radical (unpaired) electrons. The Balaban J connectivity index is 1.89. The van der Waals surface area contributed by atoms with Crippen LogP contribution in [0.25, 0.3) is 5.52 Å². The van der Waals surface area contributed by atoms with Crippen LogP contribution in [0.3, 0.4) is 0 Å². The van der Waals surface area contributed by atoms with Gasteiger partial charge in [-0.05, 0) is 31.0 Å². The maximum absolute atomic E-state index is 13.0. The van der Waals surface area contributed by atoms with Gasteiger partial charge in [-0.15, -0.1) is 0 Å². The fraction of sp³-hybridized carbons (Fsp3) is 0.200. The molecule has 0 unspecified atom stereocenters. The highest BCUT2D eigenvalue weighted by Gasteiger charge is 2.31. The number of hydrogen-bond acceptors (Lipinski definition) is 4. The first-order valence-electron chi connectivity index (χ1n) is 7.16. The van der Waals surface area contributed by atoms with Gasteiger partial charge in [0.2, 0.25) is 0 Å². The summed E-state index contributed by atoms with van der Waals surface area (Å²) in [5.74, 6) is 0.517. The summed E-state index contributed by atoms with van der Waals surface area (Å²) in [4.78, 5) is 11.9. The molecule has 8 heteroatoms. The van der Waals surface area contributed by atoms with Gasteiger partial charge in [0.1, 0.15) is 16.2 Å². The summed E-state index contributed by atoms with van der Waals surface area (Å²) in [5.41, 5.74) is 1.56. The fourth-order valence-electron chi connectivity index (χ4n) is 2.95. The Morgan fingerprint density at radius 3 is 2.83 bits per heavy atom. The summed E-state index contributed by atoms with van der Waals surface area (Å²) in [6.45, 7) is 2.10. The number of aromatic amines is 1. The molecule has 0 aliphatic carbocycles. The molecule has 23 heavy (non-hydrogen) atoms. The van der Waals surface area contributed by atoms with Gasteiger partial charge in [-0.1, -0.05) is 18.2 Å². The molecule has 1 aliphatic heterocycles. The summed E-state index contributed by atoms with van der Waals surface area (Å²) in [5, 5.41) is 6.21. The van der Waals surface area contributed by atoms with E-state index in [-0.39, 0.29) is 10.4 Å². The minimum Gasteiger partial charge on any atom is -0.298 e. The van der Waals surface area contributed by atoms with E-state index in [0.29, 0.717) is 24.5 Å². The highest BCUT2D eigenvalue weighted by Crippen LogP contribution is 2.32. The van der Waals surface area contributed by atoms with Crippen molar-refractivity contribution < 1.29 is 8.42 Å². The van der Waals surface area contributed by atoms with Crippen molar-refractivity contribution in [1.29, 1.82) is 0 Å². The molecule has 2 aromatic heterocycles. The Bertz CT molecular complexity index is 1080. The van der Waals surface area contributed by atoms with Gasteiger partial charge in [0.05, 0.1) is 5.69 Å². The molecule has 3 aromatic rings. The lowest BCUT2D eigenvalue weighted by molar-refractivity contribution is 0.592. The van der Waals surface area contributed by atoms with Crippen molar-refractivity contribution in [3.05, 3.63) is 58.3 Å². The standard InChI is InChI=1S/C15H14N4O3S/c1-10-16-17-15(20)14-8-12(9-18(10)14)23(21,22)19-7-6-11-4-2-3-5-13(11)19/h2-5,8-9H,6-7H2,1H3,(H,17,20). The van der Waals surface area contributed by atoms with Crippen LogP contribution in [-0.2, 0) is 16.4 Å². The molecule has 3 heterocycles. The van der Waals surface area contributed by atoms with Crippen LogP contribution >= 0.6 is 0 Å². The minimum atomic E-state index is -3.72. The van der Waals surface area contributed by atoms with Gasteiger partial charge in [0.25, 0.3) is 15.6 Å². The number of aromatic nitrogens is 3. The lowest BCUT2D eigenvalue weighted by Crippen LogP contribution is -2.28. The Morgan fingerprint density at radius 1 is 1.26 bits per heavy atom. The van der Waals surface area contributed by atoms with Crippen LogP contribution in [0.1, 0.15) is 11.4 Å². The number of H-pyrrole nitrogens is 1. The zero-order valence-electron chi connectivity index (χ0n) is 12.4. The van der Waals surface area contributed by atoms with Crippen LogP contribution in [0.5, 0.6) is 0 Å². The predicted octanol–water partition coefficient (Wildman–Crippen LogP) is 1.08. The molecule has 1 aromatic carbocycles. The van der Waals surface area contributed by atoms with Crippen LogP contribution in [0.15, 0.2) is 46.2 Å². The maximum Gasteiger partial charge on any atom is 0.288 e. The SMILES string of the molecule is Cc1n[nH]c(=O)c2cc(S(=O)(=O)N3CCc4ccccc43)cn12. The molecular weight excluding hydrogens is 316 g/mol. The quantitative estimate of drug-likeness (QED) is 0.762. The Hall–Kier alpha value is -2.61. The highest BCUT2D eigenvalue weighted by atomic mass is 32.2. The maximum atomic E-state index is 13.0. The summed E-state index contributed by atoms with van der Waals surface area (Å²) >= 11 is 0.